The van der Waals surface area contributed by atoms with Crippen LogP contribution in [0.4, 0.5) is 5.69 Å². The van der Waals surface area contributed by atoms with Crippen LogP contribution in [0.5, 0.6) is 0 Å². The Morgan fingerprint density at radius 1 is 1.29 bits per heavy atom. The van der Waals surface area contributed by atoms with Crippen molar-refractivity contribution in [3.05, 3.63) is 43.0 Å². The highest BCUT2D eigenvalue weighted by molar-refractivity contribution is 5.95. The van der Waals surface area contributed by atoms with Gasteiger partial charge in [0.15, 0.2) is 0 Å². The number of piperidine rings is 1. The third-order valence-electron chi connectivity index (χ3n) is 5.02. The Labute approximate surface area is 154 Å². The van der Waals surface area contributed by atoms with E-state index >= 15 is 0 Å². The van der Waals surface area contributed by atoms with E-state index in [9.17, 15) is 4.79 Å². The van der Waals surface area contributed by atoms with Crippen molar-refractivity contribution in [3.8, 4) is 5.69 Å². The molecule has 1 aliphatic carbocycles. The molecule has 1 atom stereocenters. The molecule has 1 saturated heterocycles. The van der Waals surface area contributed by atoms with Crippen molar-refractivity contribution in [1.82, 2.24) is 14.9 Å². The van der Waals surface area contributed by atoms with E-state index in [0.29, 0.717) is 0 Å². The molecule has 1 spiro atoms. The molecule has 24 heavy (non-hydrogen) atoms. The van der Waals surface area contributed by atoms with Gasteiger partial charge < -0.3 is 15.2 Å². The van der Waals surface area contributed by atoms with E-state index in [0.717, 1.165) is 43.7 Å². The van der Waals surface area contributed by atoms with Gasteiger partial charge in [-0.25, -0.2) is 4.98 Å². The number of amides is 1. The van der Waals surface area contributed by atoms with Crippen LogP contribution in [0, 0.1) is 11.3 Å². The van der Waals surface area contributed by atoms with Crippen LogP contribution in [0.1, 0.15) is 19.3 Å². The van der Waals surface area contributed by atoms with Crippen molar-refractivity contribution in [2.45, 2.75) is 19.3 Å². The summed E-state index contributed by atoms with van der Waals surface area (Å²) < 4.78 is 1.93. The second-order valence-corrected chi connectivity index (χ2v) is 6.38. The number of nitrogens with zero attached hydrogens (tertiary/aromatic N) is 2. The van der Waals surface area contributed by atoms with Gasteiger partial charge in [0.05, 0.1) is 6.33 Å². The summed E-state index contributed by atoms with van der Waals surface area (Å²) in [7, 11) is 0. The average molecular weight is 369 g/mol. The van der Waals surface area contributed by atoms with E-state index in [1.807, 2.05) is 35.0 Å². The molecule has 4 rings (SSSR count). The van der Waals surface area contributed by atoms with Crippen molar-refractivity contribution in [2.75, 3.05) is 18.4 Å². The number of halogens is 2. The van der Waals surface area contributed by atoms with Crippen LogP contribution in [-0.2, 0) is 4.79 Å². The monoisotopic (exact) mass is 368 g/mol. The molecule has 7 heteroatoms. The molecule has 2 fully saturated rings. The van der Waals surface area contributed by atoms with Crippen LogP contribution in [0.3, 0.4) is 0 Å². The first kappa shape index (κ1) is 18.8. The van der Waals surface area contributed by atoms with Crippen LogP contribution in [0.25, 0.3) is 5.69 Å². The van der Waals surface area contributed by atoms with Gasteiger partial charge in [0.1, 0.15) is 0 Å². The zero-order valence-electron chi connectivity index (χ0n) is 13.3. The fraction of sp³-hybridized carbons (Fsp3) is 0.412. The molecule has 2 heterocycles. The summed E-state index contributed by atoms with van der Waals surface area (Å²) in [5, 5.41) is 6.46. The van der Waals surface area contributed by atoms with Crippen LogP contribution in [0.2, 0.25) is 0 Å². The second kappa shape index (κ2) is 7.55. The molecule has 1 aromatic carbocycles. The summed E-state index contributed by atoms with van der Waals surface area (Å²) in [6.07, 6.45) is 8.69. The Balaban J connectivity index is 0.00000104. The summed E-state index contributed by atoms with van der Waals surface area (Å²) in [6, 6.07) is 7.88. The first-order valence-corrected chi connectivity index (χ1v) is 7.87. The lowest BCUT2D eigenvalue weighted by Crippen LogP contribution is -2.31. The van der Waals surface area contributed by atoms with Gasteiger partial charge in [0.2, 0.25) is 5.91 Å². The van der Waals surface area contributed by atoms with Crippen LogP contribution >= 0.6 is 24.8 Å². The van der Waals surface area contributed by atoms with E-state index in [2.05, 4.69) is 15.6 Å². The summed E-state index contributed by atoms with van der Waals surface area (Å²) in [6.45, 7) is 2.08. The second-order valence-electron chi connectivity index (χ2n) is 6.38. The number of nitrogens with one attached hydrogen (secondary N) is 2. The number of aromatic nitrogens is 2. The van der Waals surface area contributed by atoms with Gasteiger partial charge in [-0.15, -0.1) is 24.8 Å². The molecular weight excluding hydrogens is 347 g/mol. The van der Waals surface area contributed by atoms with Crippen molar-refractivity contribution < 1.29 is 4.79 Å². The topological polar surface area (TPSA) is 59.0 Å². The molecule has 1 unspecified atom stereocenters. The lowest BCUT2D eigenvalue weighted by atomic mass is 9.92. The smallest absolute Gasteiger partial charge is 0.228 e. The van der Waals surface area contributed by atoms with Gasteiger partial charge in [-0.05, 0) is 56.0 Å². The van der Waals surface area contributed by atoms with E-state index in [1.54, 1.807) is 12.5 Å². The van der Waals surface area contributed by atoms with Gasteiger partial charge in [0, 0.05) is 29.7 Å². The molecule has 0 bridgehead atoms. The Morgan fingerprint density at radius 2 is 2.08 bits per heavy atom. The summed E-state index contributed by atoms with van der Waals surface area (Å²) in [4.78, 5) is 16.5. The fourth-order valence-electron chi connectivity index (χ4n) is 3.58. The minimum absolute atomic E-state index is 0. The first-order valence-electron chi connectivity index (χ1n) is 7.87. The van der Waals surface area contributed by atoms with Crippen LogP contribution in [0.15, 0.2) is 43.0 Å². The molecule has 1 aliphatic heterocycles. The van der Waals surface area contributed by atoms with Crippen molar-refractivity contribution >= 4 is 36.4 Å². The molecule has 2 aromatic rings. The Bertz CT molecular complexity index is 684. The molecule has 2 N–H and O–H groups in total. The number of carbonyl (C=O) groups is 1. The van der Waals surface area contributed by atoms with Crippen LogP contribution < -0.4 is 10.6 Å². The zero-order valence-corrected chi connectivity index (χ0v) is 14.9. The Morgan fingerprint density at radius 3 is 2.79 bits per heavy atom. The van der Waals surface area contributed by atoms with E-state index in [-0.39, 0.29) is 42.1 Å². The summed E-state index contributed by atoms with van der Waals surface area (Å²) >= 11 is 0. The number of imidazole rings is 1. The third-order valence-corrected chi connectivity index (χ3v) is 5.02. The maximum absolute atomic E-state index is 12.5. The molecule has 130 valence electrons. The number of hydrogen-bond acceptors (Lipinski definition) is 3. The fourth-order valence-corrected chi connectivity index (χ4v) is 3.58. The molecule has 1 amide bonds. The molecule has 1 aromatic heterocycles. The molecule has 1 saturated carbocycles. The number of benzene rings is 1. The zero-order chi connectivity index (χ0) is 15.0. The molecule has 0 radical (unpaired) electrons. The van der Waals surface area contributed by atoms with Gasteiger partial charge in [-0.1, -0.05) is 6.07 Å². The molecule has 2 aliphatic rings. The average Bonchev–Trinajstić information content (AvgIpc) is 3.00. The van der Waals surface area contributed by atoms with E-state index in [4.69, 9.17) is 0 Å². The van der Waals surface area contributed by atoms with Crippen molar-refractivity contribution in [2.24, 2.45) is 11.3 Å². The molecular formula is C17H22Cl2N4O. The summed E-state index contributed by atoms with van der Waals surface area (Å²) in [5.41, 5.74) is 2.13. The highest BCUT2D eigenvalue weighted by Gasteiger charge is 2.57. The van der Waals surface area contributed by atoms with Crippen LogP contribution in [-0.4, -0.2) is 28.5 Å². The Hall–Kier alpha value is -1.56. The SMILES string of the molecule is Cl.Cl.O=C(Nc1cccc(-n2ccnc2)c1)C1CC12CCNCC2. The first-order chi connectivity index (χ1) is 10.8. The normalized spacial score (nSPS) is 20.6. The minimum Gasteiger partial charge on any atom is -0.326 e. The van der Waals surface area contributed by atoms with Gasteiger partial charge in [-0.2, -0.15) is 0 Å². The summed E-state index contributed by atoms with van der Waals surface area (Å²) in [5.74, 6) is 0.358. The predicted molar refractivity (Wildman–Crippen MR) is 99.3 cm³/mol. The standard InChI is InChI=1S/C17H20N4O.2ClH/c22-16(15-11-17(15)4-6-18-7-5-17)20-13-2-1-3-14(10-13)21-9-8-19-12-21;;/h1-3,8-10,12,15,18H,4-7,11H2,(H,20,22);2*1H. The number of anilines is 1. The number of rotatable bonds is 3. The lowest BCUT2D eigenvalue weighted by Gasteiger charge is -2.23. The third kappa shape index (κ3) is 3.58. The molecule has 5 nitrogen and oxygen atoms in total. The minimum atomic E-state index is 0. The van der Waals surface area contributed by atoms with E-state index in [1.165, 1.54) is 0 Å². The maximum Gasteiger partial charge on any atom is 0.228 e. The highest BCUT2D eigenvalue weighted by atomic mass is 35.5. The number of hydrogen-bond donors (Lipinski definition) is 2. The van der Waals surface area contributed by atoms with Gasteiger partial charge in [0.25, 0.3) is 0 Å². The Kier molecular flexibility index (Phi) is 5.91. The largest absolute Gasteiger partial charge is 0.326 e. The van der Waals surface area contributed by atoms with Gasteiger partial charge in [-0.3, -0.25) is 4.79 Å². The van der Waals surface area contributed by atoms with E-state index < -0.39 is 0 Å². The van der Waals surface area contributed by atoms with Crippen molar-refractivity contribution in [3.63, 3.8) is 0 Å². The predicted octanol–water partition coefficient (Wildman–Crippen LogP) is 3.04. The van der Waals surface area contributed by atoms with Gasteiger partial charge >= 0.3 is 0 Å². The lowest BCUT2D eigenvalue weighted by molar-refractivity contribution is -0.118. The highest BCUT2D eigenvalue weighted by Crippen LogP contribution is 2.58. The quantitative estimate of drug-likeness (QED) is 0.874. The maximum atomic E-state index is 12.5. The number of carbonyl (C=O) groups excluding carboxylic acids is 1. The van der Waals surface area contributed by atoms with Crippen molar-refractivity contribution in [1.29, 1.82) is 0 Å².